The number of piperidine rings is 2. The molecule has 6 rings (SSSR count). The number of ether oxygens (including phenoxy) is 1. The van der Waals surface area contributed by atoms with Crippen molar-refractivity contribution in [2.24, 2.45) is 11.8 Å². The molecule has 0 spiro atoms. The first-order valence-electron chi connectivity index (χ1n) is 14.2. The third-order valence-electron chi connectivity index (χ3n) is 9.57. The number of carbonyl (C=O) groups is 1. The smallest absolute Gasteiger partial charge is 0.332 e. The van der Waals surface area contributed by atoms with Gasteiger partial charge in [-0.15, -0.1) is 0 Å². The van der Waals surface area contributed by atoms with E-state index in [4.69, 9.17) is 4.74 Å². The SMILES string of the molecule is CCOC(=O)Cn1c(=O)n(C2C[C@H]3CCC[C@@H](C2)N3[C@H]2C[C@@H]3CCC[C@@H](C3)C2)c(=O)c2ccccc21. The van der Waals surface area contributed by atoms with E-state index in [1.807, 2.05) is 6.07 Å². The number of nitrogens with zero attached hydrogens (tertiary/aromatic N) is 3. The van der Waals surface area contributed by atoms with Crippen molar-refractivity contribution in [2.45, 2.75) is 108 Å². The minimum Gasteiger partial charge on any atom is -0.465 e. The number of aromatic nitrogens is 2. The van der Waals surface area contributed by atoms with Crippen LogP contribution in [0.4, 0.5) is 0 Å². The number of benzene rings is 1. The fourth-order valence-electron chi connectivity index (χ4n) is 8.29. The molecule has 6 atom stereocenters. The Bertz CT molecular complexity index is 1220. The molecule has 1 unspecified atom stereocenters. The summed E-state index contributed by atoms with van der Waals surface area (Å²) in [6.07, 6.45) is 13.5. The first-order valence-corrected chi connectivity index (χ1v) is 14.2. The van der Waals surface area contributed by atoms with Gasteiger partial charge in [0.25, 0.3) is 5.56 Å². The number of rotatable bonds is 5. The lowest BCUT2D eigenvalue weighted by Gasteiger charge is -2.55. The predicted octanol–water partition coefficient (Wildman–Crippen LogP) is 4.25. The summed E-state index contributed by atoms with van der Waals surface area (Å²) in [7, 11) is 0. The van der Waals surface area contributed by atoms with Crippen LogP contribution in [0.15, 0.2) is 33.9 Å². The lowest BCUT2D eigenvalue weighted by atomic mass is 9.68. The Balaban J connectivity index is 1.34. The molecule has 0 N–H and O–H groups in total. The second-order valence-corrected chi connectivity index (χ2v) is 11.7. The fraction of sp³-hybridized carbons (Fsp3) is 0.690. The first-order chi connectivity index (χ1) is 17.5. The lowest BCUT2D eigenvalue weighted by molar-refractivity contribution is -0.143. The molecule has 3 heterocycles. The van der Waals surface area contributed by atoms with Gasteiger partial charge in [-0.1, -0.05) is 37.8 Å². The number of hydrogen-bond acceptors (Lipinski definition) is 5. The highest BCUT2D eigenvalue weighted by molar-refractivity contribution is 5.80. The van der Waals surface area contributed by atoms with Crippen LogP contribution in [0.2, 0.25) is 0 Å². The van der Waals surface area contributed by atoms with E-state index in [-0.39, 0.29) is 30.4 Å². The molecule has 1 aromatic heterocycles. The van der Waals surface area contributed by atoms with Gasteiger partial charge in [0, 0.05) is 24.2 Å². The van der Waals surface area contributed by atoms with Gasteiger partial charge in [-0.05, 0) is 75.8 Å². The van der Waals surface area contributed by atoms with E-state index in [0.717, 1.165) is 37.5 Å². The van der Waals surface area contributed by atoms with Gasteiger partial charge in [0.1, 0.15) is 6.54 Å². The van der Waals surface area contributed by atoms with Gasteiger partial charge in [0.15, 0.2) is 0 Å². The quantitative estimate of drug-likeness (QED) is 0.582. The van der Waals surface area contributed by atoms with Crippen LogP contribution in [0, 0.1) is 11.8 Å². The summed E-state index contributed by atoms with van der Waals surface area (Å²) in [5, 5.41) is 0.495. The van der Waals surface area contributed by atoms with Crippen LogP contribution in [-0.2, 0) is 16.1 Å². The summed E-state index contributed by atoms with van der Waals surface area (Å²) >= 11 is 0. The number of carbonyl (C=O) groups excluding carboxylic acids is 1. The molecule has 194 valence electrons. The van der Waals surface area contributed by atoms with Crippen LogP contribution < -0.4 is 11.2 Å². The lowest BCUT2D eigenvalue weighted by Crippen LogP contribution is -2.59. The van der Waals surface area contributed by atoms with Crippen molar-refractivity contribution < 1.29 is 9.53 Å². The second kappa shape index (κ2) is 9.81. The maximum absolute atomic E-state index is 13.8. The molecule has 36 heavy (non-hydrogen) atoms. The number of hydrogen-bond donors (Lipinski definition) is 0. The van der Waals surface area contributed by atoms with Gasteiger partial charge in [-0.2, -0.15) is 0 Å². The maximum Gasteiger partial charge on any atom is 0.332 e. The molecule has 2 aromatic rings. The van der Waals surface area contributed by atoms with Crippen molar-refractivity contribution in [3.05, 3.63) is 45.1 Å². The Morgan fingerprint density at radius 1 is 0.861 bits per heavy atom. The molecule has 2 aliphatic heterocycles. The Kier molecular flexibility index (Phi) is 6.53. The van der Waals surface area contributed by atoms with E-state index in [2.05, 4.69) is 4.90 Å². The molecule has 4 fully saturated rings. The molecule has 1 aromatic carbocycles. The standard InChI is InChI=1S/C29H39N3O4/c1-2-36-27(33)18-30-26-12-4-3-11-25(26)28(34)32(29(30)35)24-16-21-9-6-10-22(17-24)31(21)23-14-19-7-5-8-20(13-19)15-23/h3-4,11-12,19-24H,2,5-10,13-18H2,1H3/t19-,20+,21-,22+,23+,24?. The van der Waals surface area contributed by atoms with E-state index in [9.17, 15) is 14.4 Å². The van der Waals surface area contributed by atoms with Crippen LogP contribution in [-0.4, -0.2) is 44.7 Å². The summed E-state index contributed by atoms with van der Waals surface area (Å²) in [6.45, 7) is 1.84. The van der Waals surface area contributed by atoms with Crippen molar-refractivity contribution in [2.75, 3.05) is 6.61 Å². The highest BCUT2D eigenvalue weighted by Gasteiger charge is 2.45. The van der Waals surface area contributed by atoms with Crippen molar-refractivity contribution in [1.29, 1.82) is 0 Å². The van der Waals surface area contributed by atoms with Gasteiger partial charge in [-0.25, -0.2) is 4.79 Å². The number of esters is 1. The molecule has 2 saturated carbocycles. The molecule has 0 amide bonds. The number of fused-ring (bicyclic) bond motifs is 5. The third-order valence-corrected chi connectivity index (χ3v) is 9.57. The topological polar surface area (TPSA) is 73.5 Å². The fourth-order valence-corrected chi connectivity index (χ4v) is 8.29. The average Bonchev–Trinajstić information content (AvgIpc) is 2.86. The van der Waals surface area contributed by atoms with Gasteiger partial charge < -0.3 is 4.74 Å². The minimum atomic E-state index is -0.454. The molecular formula is C29H39N3O4. The minimum absolute atomic E-state index is 0.127. The van der Waals surface area contributed by atoms with Crippen molar-refractivity contribution in [3.8, 4) is 0 Å². The van der Waals surface area contributed by atoms with Crippen molar-refractivity contribution >= 4 is 16.9 Å². The van der Waals surface area contributed by atoms with E-state index < -0.39 is 5.97 Å². The Hall–Kier alpha value is -2.41. The molecule has 2 aliphatic carbocycles. The molecule has 7 heteroatoms. The Labute approximate surface area is 212 Å². The van der Waals surface area contributed by atoms with Gasteiger partial charge >= 0.3 is 11.7 Å². The monoisotopic (exact) mass is 493 g/mol. The summed E-state index contributed by atoms with van der Waals surface area (Å²) in [5.41, 5.74) is -0.0990. The zero-order valence-corrected chi connectivity index (χ0v) is 21.4. The van der Waals surface area contributed by atoms with Crippen molar-refractivity contribution in [1.82, 2.24) is 14.0 Å². The van der Waals surface area contributed by atoms with Gasteiger partial charge in [0.2, 0.25) is 0 Å². The largest absolute Gasteiger partial charge is 0.465 e. The molecule has 0 radical (unpaired) electrons. The first kappa shape index (κ1) is 24.0. The van der Waals surface area contributed by atoms with Crippen LogP contribution in [0.3, 0.4) is 0 Å². The van der Waals surface area contributed by atoms with E-state index >= 15 is 0 Å². The second-order valence-electron chi connectivity index (χ2n) is 11.7. The van der Waals surface area contributed by atoms with Crippen molar-refractivity contribution in [3.63, 3.8) is 0 Å². The van der Waals surface area contributed by atoms with Crippen LogP contribution in [0.1, 0.15) is 83.6 Å². The third kappa shape index (κ3) is 4.23. The molecule has 4 bridgehead atoms. The zero-order chi connectivity index (χ0) is 24.8. The zero-order valence-electron chi connectivity index (χ0n) is 21.4. The summed E-state index contributed by atoms with van der Waals surface area (Å²) in [4.78, 5) is 42.7. The van der Waals surface area contributed by atoms with E-state index in [1.54, 1.807) is 25.1 Å². The summed E-state index contributed by atoms with van der Waals surface area (Å²) in [6, 6.07) is 8.55. The summed E-state index contributed by atoms with van der Waals surface area (Å²) < 4.78 is 8.08. The Morgan fingerprint density at radius 3 is 2.22 bits per heavy atom. The van der Waals surface area contributed by atoms with E-state index in [0.29, 0.717) is 29.0 Å². The van der Waals surface area contributed by atoms with Crippen LogP contribution in [0.25, 0.3) is 10.9 Å². The predicted molar refractivity (Wildman–Crippen MR) is 139 cm³/mol. The highest BCUT2D eigenvalue weighted by Crippen LogP contribution is 2.47. The maximum atomic E-state index is 13.8. The average molecular weight is 494 g/mol. The normalized spacial score (nSPS) is 32.4. The van der Waals surface area contributed by atoms with Crippen LogP contribution >= 0.6 is 0 Å². The highest BCUT2D eigenvalue weighted by atomic mass is 16.5. The Morgan fingerprint density at radius 2 is 1.53 bits per heavy atom. The van der Waals surface area contributed by atoms with Gasteiger partial charge in [-0.3, -0.25) is 23.6 Å². The molecule has 4 aliphatic rings. The van der Waals surface area contributed by atoms with Crippen LogP contribution in [0.5, 0.6) is 0 Å². The molecular weight excluding hydrogens is 454 g/mol. The van der Waals surface area contributed by atoms with E-state index in [1.165, 1.54) is 54.1 Å². The van der Waals surface area contributed by atoms with Gasteiger partial charge in [0.05, 0.1) is 17.5 Å². The molecule has 2 saturated heterocycles. The number of para-hydroxylation sites is 1. The summed E-state index contributed by atoms with van der Waals surface area (Å²) in [5.74, 6) is 1.32. The molecule has 7 nitrogen and oxygen atoms in total.